The fourth-order valence-electron chi connectivity index (χ4n) is 3.84. The number of esters is 1. The van der Waals surface area contributed by atoms with Gasteiger partial charge in [-0.1, -0.05) is 42.0 Å². The maximum Gasteiger partial charge on any atom is 0.316 e. The fourth-order valence-corrected chi connectivity index (χ4v) is 4.44. The van der Waals surface area contributed by atoms with Gasteiger partial charge in [0.2, 0.25) is 5.91 Å². The van der Waals surface area contributed by atoms with Gasteiger partial charge in [0.05, 0.1) is 17.5 Å². The Morgan fingerprint density at radius 3 is 2.69 bits per heavy atom. The van der Waals surface area contributed by atoms with E-state index >= 15 is 0 Å². The molecule has 0 spiro atoms. The molecule has 7 heteroatoms. The molecule has 2 aromatic rings. The van der Waals surface area contributed by atoms with Gasteiger partial charge < -0.3 is 15.4 Å². The first-order valence-electron chi connectivity index (χ1n) is 10.9. The molecule has 2 amide bonds. The van der Waals surface area contributed by atoms with Crippen molar-refractivity contribution in [1.82, 2.24) is 5.32 Å². The standard InChI is InChI=1S/C25H30N2O4S/c1-16-11-12-21(17(2)13-16)26-23(28)14-32-15-24(29)31-18(3)25(30)27-22-10-6-8-19-7-4-5-9-20(19)22/h4-5,7,9,11-13,18,22H,6,8,10,14-15H2,1-3H3,(H,26,28)(H,27,30). The fraction of sp³-hybridized carbons (Fsp3) is 0.400. The third kappa shape index (κ3) is 6.60. The molecule has 2 N–H and O–H groups in total. The van der Waals surface area contributed by atoms with Gasteiger partial charge in [-0.25, -0.2) is 0 Å². The van der Waals surface area contributed by atoms with Crippen molar-refractivity contribution >= 4 is 35.2 Å². The number of amides is 2. The third-order valence-electron chi connectivity index (χ3n) is 5.47. The van der Waals surface area contributed by atoms with Crippen LogP contribution in [-0.2, 0) is 25.5 Å². The average Bonchev–Trinajstić information content (AvgIpc) is 2.76. The highest BCUT2D eigenvalue weighted by molar-refractivity contribution is 8.00. The second kappa shape index (κ2) is 11.2. The van der Waals surface area contributed by atoms with Crippen molar-refractivity contribution < 1.29 is 19.1 Å². The summed E-state index contributed by atoms with van der Waals surface area (Å²) in [6, 6.07) is 13.8. The summed E-state index contributed by atoms with van der Waals surface area (Å²) in [5.41, 5.74) is 5.27. The van der Waals surface area contributed by atoms with Crippen LogP contribution in [0.4, 0.5) is 5.69 Å². The molecular formula is C25H30N2O4S. The van der Waals surface area contributed by atoms with E-state index in [1.807, 2.05) is 50.2 Å². The van der Waals surface area contributed by atoms with E-state index in [0.717, 1.165) is 53.4 Å². The van der Waals surface area contributed by atoms with Crippen LogP contribution in [0.25, 0.3) is 0 Å². The maximum absolute atomic E-state index is 12.5. The van der Waals surface area contributed by atoms with Crippen LogP contribution in [0.15, 0.2) is 42.5 Å². The van der Waals surface area contributed by atoms with Crippen LogP contribution >= 0.6 is 11.8 Å². The molecule has 2 aromatic carbocycles. The van der Waals surface area contributed by atoms with Crippen LogP contribution < -0.4 is 10.6 Å². The Balaban J connectivity index is 1.40. The monoisotopic (exact) mass is 454 g/mol. The molecule has 0 saturated carbocycles. The normalized spacial score (nSPS) is 15.9. The number of hydrogen-bond acceptors (Lipinski definition) is 5. The molecule has 3 rings (SSSR count). The Bertz CT molecular complexity index is 992. The number of aryl methyl sites for hydroxylation is 3. The first-order valence-corrected chi connectivity index (χ1v) is 12.0. The number of nitrogens with one attached hydrogen (secondary N) is 2. The molecule has 170 valence electrons. The highest BCUT2D eigenvalue weighted by atomic mass is 32.2. The van der Waals surface area contributed by atoms with Gasteiger partial charge >= 0.3 is 5.97 Å². The number of hydrogen-bond donors (Lipinski definition) is 2. The lowest BCUT2D eigenvalue weighted by molar-refractivity contribution is -0.152. The van der Waals surface area contributed by atoms with Crippen molar-refractivity contribution in [3.8, 4) is 0 Å². The van der Waals surface area contributed by atoms with E-state index in [4.69, 9.17) is 4.74 Å². The zero-order chi connectivity index (χ0) is 23.1. The molecule has 0 aromatic heterocycles. The SMILES string of the molecule is Cc1ccc(NC(=O)CSCC(=O)OC(C)C(=O)NC2CCCc3ccccc32)c(C)c1. The minimum Gasteiger partial charge on any atom is -0.452 e. The molecule has 0 saturated heterocycles. The molecule has 32 heavy (non-hydrogen) atoms. The molecule has 0 aliphatic heterocycles. The van der Waals surface area contributed by atoms with Crippen LogP contribution in [-0.4, -0.2) is 35.4 Å². The van der Waals surface area contributed by atoms with E-state index in [0.29, 0.717) is 0 Å². The van der Waals surface area contributed by atoms with Crippen LogP contribution in [0.1, 0.15) is 48.1 Å². The predicted octanol–water partition coefficient (Wildman–Crippen LogP) is 4.10. The van der Waals surface area contributed by atoms with Gasteiger partial charge in [0.1, 0.15) is 0 Å². The first kappa shape index (κ1) is 23.9. The van der Waals surface area contributed by atoms with Crippen molar-refractivity contribution in [1.29, 1.82) is 0 Å². The quantitative estimate of drug-likeness (QED) is 0.587. The number of ether oxygens (including phenoxy) is 1. The van der Waals surface area contributed by atoms with Gasteiger partial charge in [0.25, 0.3) is 5.91 Å². The zero-order valence-corrected chi connectivity index (χ0v) is 19.6. The van der Waals surface area contributed by atoms with Gasteiger partial charge in [0, 0.05) is 5.69 Å². The summed E-state index contributed by atoms with van der Waals surface area (Å²) < 4.78 is 5.27. The first-order chi connectivity index (χ1) is 15.3. The second-order valence-electron chi connectivity index (χ2n) is 8.14. The smallest absolute Gasteiger partial charge is 0.316 e. The van der Waals surface area contributed by atoms with E-state index < -0.39 is 12.1 Å². The second-order valence-corrected chi connectivity index (χ2v) is 9.13. The van der Waals surface area contributed by atoms with E-state index in [9.17, 15) is 14.4 Å². The van der Waals surface area contributed by atoms with Crippen molar-refractivity contribution in [2.45, 2.75) is 52.2 Å². The number of benzene rings is 2. The van der Waals surface area contributed by atoms with E-state index in [-0.39, 0.29) is 29.4 Å². The predicted molar refractivity (Wildman–Crippen MR) is 128 cm³/mol. The summed E-state index contributed by atoms with van der Waals surface area (Å²) in [6.07, 6.45) is 2.01. The van der Waals surface area contributed by atoms with Crippen LogP contribution in [0.3, 0.4) is 0 Å². The Morgan fingerprint density at radius 2 is 1.91 bits per heavy atom. The molecular weight excluding hydrogens is 424 g/mol. The highest BCUT2D eigenvalue weighted by Crippen LogP contribution is 2.29. The zero-order valence-electron chi connectivity index (χ0n) is 18.8. The van der Waals surface area contributed by atoms with Crippen LogP contribution in [0.2, 0.25) is 0 Å². The summed E-state index contributed by atoms with van der Waals surface area (Å²) >= 11 is 1.16. The van der Waals surface area contributed by atoms with Gasteiger partial charge in [-0.3, -0.25) is 14.4 Å². The Labute approximate surface area is 193 Å². The Morgan fingerprint density at radius 1 is 1.12 bits per heavy atom. The van der Waals surface area contributed by atoms with Gasteiger partial charge in [0.15, 0.2) is 6.10 Å². The summed E-state index contributed by atoms with van der Waals surface area (Å²) in [5, 5.41) is 5.85. The van der Waals surface area contributed by atoms with E-state index in [2.05, 4.69) is 16.7 Å². The lowest BCUT2D eigenvalue weighted by Gasteiger charge is -2.27. The number of fused-ring (bicyclic) bond motifs is 1. The lowest BCUT2D eigenvalue weighted by Crippen LogP contribution is -2.39. The van der Waals surface area contributed by atoms with Crippen LogP contribution in [0.5, 0.6) is 0 Å². The minimum atomic E-state index is -0.888. The minimum absolute atomic E-state index is 0.00415. The van der Waals surface area contributed by atoms with Crippen molar-refractivity contribution in [2.24, 2.45) is 0 Å². The molecule has 0 bridgehead atoms. The van der Waals surface area contributed by atoms with Crippen LogP contribution in [0, 0.1) is 13.8 Å². The number of rotatable bonds is 8. The molecule has 1 aliphatic carbocycles. The average molecular weight is 455 g/mol. The number of anilines is 1. The van der Waals surface area contributed by atoms with Gasteiger partial charge in [-0.2, -0.15) is 0 Å². The summed E-state index contributed by atoms with van der Waals surface area (Å²) in [7, 11) is 0. The third-order valence-corrected chi connectivity index (χ3v) is 6.38. The number of carbonyl (C=O) groups excluding carboxylic acids is 3. The summed E-state index contributed by atoms with van der Waals surface area (Å²) in [6.45, 7) is 5.50. The molecule has 0 heterocycles. The topological polar surface area (TPSA) is 84.5 Å². The summed E-state index contributed by atoms with van der Waals surface area (Å²) in [5.74, 6) is -0.873. The molecule has 0 radical (unpaired) electrons. The van der Waals surface area contributed by atoms with E-state index in [1.54, 1.807) is 6.92 Å². The molecule has 6 nitrogen and oxygen atoms in total. The highest BCUT2D eigenvalue weighted by Gasteiger charge is 2.25. The molecule has 2 atom stereocenters. The van der Waals surface area contributed by atoms with Gasteiger partial charge in [-0.15, -0.1) is 11.8 Å². The summed E-state index contributed by atoms with van der Waals surface area (Å²) in [4.78, 5) is 36.8. The number of thioether (sulfide) groups is 1. The Hall–Kier alpha value is -2.80. The molecule has 0 fully saturated rings. The van der Waals surface area contributed by atoms with Crippen molar-refractivity contribution in [2.75, 3.05) is 16.8 Å². The van der Waals surface area contributed by atoms with Gasteiger partial charge in [-0.05, 0) is 62.8 Å². The van der Waals surface area contributed by atoms with Crippen molar-refractivity contribution in [3.63, 3.8) is 0 Å². The van der Waals surface area contributed by atoms with Crippen molar-refractivity contribution in [3.05, 3.63) is 64.7 Å². The maximum atomic E-state index is 12.5. The molecule has 1 aliphatic rings. The van der Waals surface area contributed by atoms with E-state index in [1.165, 1.54) is 5.56 Å². The largest absolute Gasteiger partial charge is 0.452 e. The molecule has 2 unspecified atom stereocenters. The lowest BCUT2D eigenvalue weighted by atomic mass is 9.87. The number of carbonyl (C=O) groups is 3. The Kier molecular flexibility index (Phi) is 8.33.